The maximum Gasteiger partial charge on any atom is 0.338 e. The molecule has 7 nitrogen and oxygen atoms in total. The summed E-state index contributed by atoms with van der Waals surface area (Å²) in [6.45, 7) is 2.03. The lowest BCUT2D eigenvalue weighted by atomic mass is 10.2. The number of carbonyl (C=O) groups excluding carboxylic acids is 2. The summed E-state index contributed by atoms with van der Waals surface area (Å²) in [4.78, 5) is 28.9. The van der Waals surface area contributed by atoms with Crippen LogP contribution in [0.5, 0.6) is 11.5 Å². The molecule has 0 saturated carbocycles. The van der Waals surface area contributed by atoms with Crippen molar-refractivity contribution in [1.82, 2.24) is 4.98 Å². The smallest absolute Gasteiger partial charge is 0.338 e. The van der Waals surface area contributed by atoms with Gasteiger partial charge in [-0.3, -0.25) is 4.79 Å². The summed E-state index contributed by atoms with van der Waals surface area (Å²) in [7, 11) is 0. The summed E-state index contributed by atoms with van der Waals surface area (Å²) in [6.07, 6.45) is 0.143. The maximum atomic E-state index is 12.3. The second kappa shape index (κ2) is 8.73. The van der Waals surface area contributed by atoms with E-state index in [0.29, 0.717) is 22.2 Å². The predicted octanol–water partition coefficient (Wildman–Crippen LogP) is 4.37. The molecule has 0 radical (unpaired) electrons. The minimum absolute atomic E-state index is 0.0129. The first-order valence-corrected chi connectivity index (χ1v) is 10.3. The molecule has 2 aromatic carbocycles. The Labute approximate surface area is 181 Å². The highest BCUT2D eigenvalue weighted by Crippen LogP contribution is 2.39. The molecule has 4 rings (SSSR count). The van der Waals surface area contributed by atoms with Gasteiger partial charge in [0.25, 0.3) is 0 Å². The van der Waals surface area contributed by atoms with Crippen molar-refractivity contribution in [1.29, 1.82) is 0 Å². The molecule has 1 aromatic heterocycles. The number of rotatable bonds is 6. The number of thiazole rings is 1. The lowest BCUT2D eigenvalue weighted by Crippen LogP contribution is -2.14. The number of esters is 1. The first-order valence-electron chi connectivity index (χ1n) is 9.04. The quantitative estimate of drug-likeness (QED) is 0.568. The van der Waals surface area contributed by atoms with Crippen LogP contribution in [-0.4, -0.2) is 23.7 Å². The van der Waals surface area contributed by atoms with Crippen molar-refractivity contribution in [2.45, 2.75) is 20.0 Å². The summed E-state index contributed by atoms with van der Waals surface area (Å²) in [5.74, 6) is 0.111. The van der Waals surface area contributed by atoms with Crippen LogP contribution in [0.4, 0.5) is 5.69 Å². The molecule has 1 N–H and O–H groups in total. The topological polar surface area (TPSA) is 86.8 Å². The Morgan fingerprint density at radius 1 is 1.23 bits per heavy atom. The van der Waals surface area contributed by atoms with E-state index in [1.165, 1.54) is 23.5 Å². The van der Waals surface area contributed by atoms with E-state index in [9.17, 15) is 9.59 Å². The largest absolute Gasteiger partial charge is 0.456 e. The molecule has 0 saturated heterocycles. The lowest BCUT2D eigenvalue weighted by molar-refractivity contribution is -0.115. The molecule has 0 atom stereocenters. The number of nitrogens with one attached hydrogen (secondary N) is 1. The Bertz CT molecular complexity index is 1100. The van der Waals surface area contributed by atoms with Crippen LogP contribution < -0.4 is 14.8 Å². The molecule has 30 heavy (non-hydrogen) atoms. The number of benzene rings is 2. The Morgan fingerprint density at radius 2 is 2.03 bits per heavy atom. The van der Waals surface area contributed by atoms with Crippen LogP contribution in [0.15, 0.2) is 41.8 Å². The molecule has 1 amide bonds. The first kappa shape index (κ1) is 20.2. The highest BCUT2D eigenvalue weighted by molar-refractivity contribution is 7.09. The van der Waals surface area contributed by atoms with Crippen LogP contribution in [0.25, 0.3) is 0 Å². The number of ether oxygens (including phenoxy) is 3. The van der Waals surface area contributed by atoms with Gasteiger partial charge in [0.1, 0.15) is 11.6 Å². The van der Waals surface area contributed by atoms with Crippen LogP contribution in [0.1, 0.15) is 26.6 Å². The fourth-order valence-electron chi connectivity index (χ4n) is 2.78. The van der Waals surface area contributed by atoms with Gasteiger partial charge in [0.15, 0.2) is 11.5 Å². The van der Waals surface area contributed by atoms with Gasteiger partial charge in [0.05, 0.1) is 22.7 Å². The molecule has 154 valence electrons. The van der Waals surface area contributed by atoms with Gasteiger partial charge in [-0.1, -0.05) is 29.3 Å². The summed E-state index contributed by atoms with van der Waals surface area (Å²) in [5.41, 5.74) is 2.68. The normalized spacial score (nSPS) is 11.9. The number of aromatic nitrogens is 1. The second-order valence-electron chi connectivity index (χ2n) is 6.59. The van der Waals surface area contributed by atoms with Gasteiger partial charge >= 0.3 is 5.97 Å². The maximum absolute atomic E-state index is 12.3. The van der Waals surface area contributed by atoms with Crippen molar-refractivity contribution in [2.75, 3.05) is 12.1 Å². The third-order valence-electron chi connectivity index (χ3n) is 4.26. The zero-order valence-corrected chi connectivity index (χ0v) is 17.5. The summed E-state index contributed by atoms with van der Waals surface area (Å²) in [6, 6.07) is 10.6. The first-order chi connectivity index (χ1) is 14.5. The SMILES string of the molecule is Cc1ccc(NC(=O)Cc2nc(COC(=O)c3cc(Cl)c4c(c3)OCO4)cs2)cc1. The molecule has 9 heteroatoms. The summed E-state index contributed by atoms with van der Waals surface area (Å²) < 4.78 is 15.8. The molecule has 1 aliphatic rings. The minimum atomic E-state index is -0.554. The second-order valence-corrected chi connectivity index (χ2v) is 7.94. The fourth-order valence-corrected chi connectivity index (χ4v) is 3.83. The van der Waals surface area contributed by atoms with E-state index in [-0.39, 0.29) is 36.3 Å². The molecule has 1 aliphatic heterocycles. The van der Waals surface area contributed by atoms with E-state index in [4.69, 9.17) is 25.8 Å². The lowest BCUT2D eigenvalue weighted by Gasteiger charge is -2.05. The zero-order chi connectivity index (χ0) is 21.1. The van der Waals surface area contributed by atoms with Gasteiger partial charge in [0, 0.05) is 11.1 Å². The Kier molecular flexibility index (Phi) is 5.87. The Morgan fingerprint density at radius 3 is 2.83 bits per heavy atom. The number of anilines is 1. The summed E-state index contributed by atoms with van der Waals surface area (Å²) in [5, 5.41) is 5.51. The molecule has 2 heterocycles. The van der Waals surface area contributed by atoms with E-state index in [1.807, 2.05) is 31.2 Å². The number of amides is 1. The number of hydrogen-bond acceptors (Lipinski definition) is 7. The molecule has 0 unspecified atom stereocenters. The van der Waals surface area contributed by atoms with Crippen molar-refractivity contribution < 1.29 is 23.8 Å². The standard InChI is InChI=1S/C21H17ClN2O5S/c1-12-2-4-14(5-3-12)23-18(25)8-19-24-15(10-30-19)9-27-21(26)13-6-16(22)20-17(7-13)28-11-29-20/h2-7,10H,8-9,11H2,1H3,(H,23,25). The van der Waals surface area contributed by atoms with Crippen molar-refractivity contribution in [3.8, 4) is 11.5 Å². The van der Waals surface area contributed by atoms with Crippen LogP contribution >= 0.6 is 22.9 Å². The number of fused-ring (bicyclic) bond motifs is 1. The van der Waals surface area contributed by atoms with E-state index < -0.39 is 5.97 Å². The van der Waals surface area contributed by atoms with Crippen molar-refractivity contribution in [3.63, 3.8) is 0 Å². The van der Waals surface area contributed by atoms with E-state index >= 15 is 0 Å². The van der Waals surface area contributed by atoms with Crippen LogP contribution in [0, 0.1) is 6.92 Å². The highest BCUT2D eigenvalue weighted by Gasteiger charge is 2.21. The van der Waals surface area contributed by atoms with Gasteiger partial charge in [-0.15, -0.1) is 11.3 Å². The molecule has 3 aromatic rings. The minimum Gasteiger partial charge on any atom is -0.456 e. The molecule has 0 spiro atoms. The molecule has 0 fully saturated rings. The number of hydrogen-bond donors (Lipinski definition) is 1. The predicted molar refractivity (Wildman–Crippen MR) is 112 cm³/mol. The number of aryl methyl sites for hydroxylation is 1. The third-order valence-corrected chi connectivity index (χ3v) is 5.44. The molecule has 0 bridgehead atoms. The Balaban J connectivity index is 1.31. The van der Waals surface area contributed by atoms with Crippen molar-refractivity contribution >= 4 is 40.5 Å². The number of carbonyl (C=O) groups is 2. The van der Waals surface area contributed by atoms with Gasteiger partial charge in [0.2, 0.25) is 12.7 Å². The van der Waals surface area contributed by atoms with Crippen molar-refractivity contribution in [3.05, 3.63) is 68.6 Å². The van der Waals surface area contributed by atoms with E-state index in [1.54, 1.807) is 5.38 Å². The fraction of sp³-hybridized carbons (Fsp3) is 0.190. The van der Waals surface area contributed by atoms with Gasteiger partial charge in [-0.25, -0.2) is 9.78 Å². The molecule has 0 aliphatic carbocycles. The average molecular weight is 445 g/mol. The van der Waals surface area contributed by atoms with Gasteiger partial charge in [-0.2, -0.15) is 0 Å². The highest BCUT2D eigenvalue weighted by atomic mass is 35.5. The third kappa shape index (κ3) is 4.72. The average Bonchev–Trinajstić information content (AvgIpc) is 3.37. The number of nitrogens with zero attached hydrogens (tertiary/aromatic N) is 1. The van der Waals surface area contributed by atoms with Crippen LogP contribution in [0.3, 0.4) is 0 Å². The number of halogens is 1. The van der Waals surface area contributed by atoms with Crippen LogP contribution in [0.2, 0.25) is 5.02 Å². The van der Waals surface area contributed by atoms with Gasteiger partial charge < -0.3 is 19.5 Å². The Hall–Kier alpha value is -3.10. The molecular formula is C21H17ClN2O5S. The summed E-state index contributed by atoms with van der Waals surface area (Å²) >= 11 is 7.43. The van der Waals surface area contributed by atoms with Crippen molar-refractivity contribution in [2.24, 2.45) is 0 Å². The van der Waals surface area contributed by atoms with Gasteiger partial charge in [-0.05, 0) is 31.2 Å². The zero-order valence-electron chi connectivity index (χ0n) is 15.9. The monoisotopic (exact) mass is 444 g/mol. The van der Waals surface area contributed by atoms with E-state index in [2.05, 4.69) is 10.3 Å². The molecular weight excluding hydrogens is 428 g/mol. The van der Waals surface area contributed by atoms with E-state index in [0.717, 1.165) is 11.3 Å². The van der Waals surface area contributed by atoms with Crippen LogP contribution in [-0.2, 0) is 22.6 Å².